The zero-order valence-corrected chi connectivity index (χ0v) is 34.3. The molecule has 0 bridgehead atoms. The fourth-order valence-corrected chi connectivity index (χ4v) is 5.49. The number of carboxylic acid groups (broad SMARTS) is 1. The van der Waals surface area contributed by atoms with Crippen molar-refractivity contribution in [3.05, 3.63) is 95.7 Å². The summed E-state index contributed by atoms with van der Waals surface area (Å²) in [6.45, 7) is 10.2. The van der Waals surface area contributed by atoms with Crippen molar-refractivity contribution in [2.45, 2.75) is 90.7 Å². The number of benzene rings is 2. The average molecular weight is 823 g/mol. The highest BCUT2D eigenvalue weighted by Gasteiger charge is 2.33. The van der Waals surface area contributed by atoms with Gasteiger partial charge in [-0.2, -0.15) is 0 Å². The van der Waals surface area contributed by atoms with E-state index in [2.05, 4.69) is 41.9 Å². The number of aliphatic hydroxyl groups excluding tert-OH is 1. The van der Waals surface area contributed by atoms with E-state index in [1.807, 2.05) is 38.1 Å². The van der Waals surface area contributed by atoms with Crippen LogP contribution in [0.25, 0.3) is 5.73 Å². The van der Waals surface area contributed by atoms with Gasteiger partial charge in [-0.3, -0.25) is 24.0 Å². The van der Waals surface area contributed by atoms with E-state index in [9.17, 15) is 33.9 Å². The molecule has 10 N–H and O–H groups in total. The van der Waals surface area contributed by atoms with Crippen LogP contribution in [0, 0.1) is 11.8 Å². The number of imidazole rings is 1. The fourth-order valence-electron chi connectivity index (χ4n) is 5.49. The Morgan fingerprint density at radius 1 is 0.729 bits per heavy atom. The molecule has 0 radical (unpaired) electrons. The summed E-state index contributed by atoms with van der Waals surface area (Å²) < 4.78 is 5.37. The molecule has 0 saturated carbocycles. The standard InChI is InChI=1S/C37H49N7O8.C4H11N2O/c1-22(2)16-28(34(47)44-31(23(3)4)35(48)40-24(5)36(49)50)41-33(46)30(18-27-19-38-21-39-27)42-32(45)29(17-25-12-8-6-9-13-25)43-37(51)52-20-26-14-10-7-11-15-26;5-1-2-6-3-4-7/h6-15,19,21-24,28-31H,16-18,20H2,1-5H3,(H,38,39)(H,40,48)(H,41,46)(H,42,45)(H,43,51)(H,44,47)(H,49,50);5-7H,1-4H2/q;-1/t24-,28-,29-,30-,31-;/m0./s1. The van der Waals surface area contributed by atoms with Crippen molar-refractivity contribution in [1.29, 1.82) is 0 Å². The number of carbonyl (C=O) groups excluding carboxylic acids is 5. The number of hydrogen-bond acceptors (Lipinski definition) is 10. The van der Waals surface area contributed by atoms with Gasteiger partial charge >= 0.3 is 12.1 Å². The van der Waals surface area contributed by atoms with Crippen LogP contribution >= 0.6 is 0 Å². The van der Waals surface area contributed by atoms with Gasteiger partial charge in [0.1, 0.15) is 36.8 Å². The normalized spacial score (nSPS) is 13.4. The maximum atomic E-state index is 13.9. The minimum Gasteiger partial charge on any atom is -0.676 e. The Morgan fingerprint density at radius 2 is 1.31 bits per heavy atom. The van der Waals surface area contributed by atoms with Gasteiger partial charge in [-0.05, 0) is 42.9 Å². The van der Waals surface area contributed by atoms with Crippen molar-refractivity contribution < 1.29 is 43.7 Å². The molecule has 2 aromatic carbocycles. The molecule has 18 heteroatoms. The third-order valence-corrected chi connectivity index (χ3v) is 8.62. The van der Waals surface area contributed by atoms with Gasteiger partial charge in [-0.15, -0.1) is 6.54 Å². The van der Waals surface area contributed by atoms with Crippen LogP contribution in [-0.4, -0.2) is 112 Å². The van der Waals surface area contributed by atoms with E-state index in [4.69, 9.17) is 15.6 Å². The lowest BCUT2D eigenvalue weighted by Gasteiger charge is -2.28. The van der Waals surface area contributed by atoms with E-state index >= 15 is 0 Å². The molecule has 18 nitrogen and oxygen atoms in total. The number of aromatic amines is 1. The maximum absolute atomic E-state index is 13.9. The maximum Gasteiger partial charge on any atom is 0.408 e. The number of alkyl carbamates (subject to hydrolysis) is 1. The molecule has 0 aliphatic rings. The second kappa shape index (κ2) is 27.0. The molecule has 0 spiro atoms. The van der Waals surface area contributed by atoms with Crippen molar-refractivity contribution >= 4 is 35.7 Å². The minimum atomic E-state index is -1.23. The van der Waals surface area contributed by atoms with Gasteiger partial charge in [-0.1, -0.05) is 88.4 Å². The van der Waals surface area contributed by atoms with E-state index in [0.29, 0.717) is 25.3 Å². The van der Waals surface area contributed by atoms with Crippen LogP contribution in [0.1, 0.15) is 57.9 Å². The summed E-state index contributed by atoms with van der Waals surface area (Å²) in [6, 6.07) is 12.3. The average Bonchev–Trinajstić information content (AvgIpc) is 3.72. The Bertz CT molecular complexity index is 1710. The molecular formula is C41H60N9O9-. The van der Waals surface area contributed by atoms with Crippen molar-refractivity contribution in [2.75, 3.05) is 26.2 Å². The molecule has 0 aliphatic carbocycles. The monoisotopic (exact) mass is 822 g/mol. The number of H-pyrrole nitrogens is 1. The van der Waals surface area contributed by atoms with E-state index in [-0.39, 0.29) is 38.4 Å². The van der Waals surface area contributed by atoms with Gasteiger partial charge in [-0.25, -0.2) is 9.78 Å². The molecule has 5 atom stereocenters. The number of nitrogens with zero attached hydrogens (tertiary/aromatic N) is 1. The van der Waals surface area contributed by atoms with Gasteiger partial charge in [0.25, 0.3) is 0 Å². The number of nitrogens with one attached hydrogen (secondary N) is 8. The lowest BCUT2D eigenvalue weighted by atomic mass is 9.99. The van der Waals surface area contributed by atoms with Crippen molar-refractivity contribution in [2.24, 2.45) is 11.8 Å². The topological polar surface area (TPSA) is 277 Å². The van der Waals surface area contributed by atoms with E-state index in [0.717, 1.165) is 11.1 Å². The summed E-state index contributed by atoms with van der Waals surface area (Å²) in [4.78, 5) is 85.5. The number of aromatic nitrogens is 2. The first-order chi connectivity index (χ1) is 28.1. The first-order valence-electron chi connectivity index (χ1n) is 19.5. The minimum absolute atomic E-state index is 0.0194. The number of aliphatic carboxylic acids is 1. The van der Waals surface area contributed by atoms with E-state index < -0.39 is 71.8 Å². The zero-order valence-electron chi connectivity index (χ0n) is 34.3. The molecule has 1 heterocycles. The molecule has 1 aromatic heterocycles. The van der Waals surface area contributed by atoms with Crippen LogP contribution in [0.5, 0.6) is 0 Å². The third-order valence-electron chi connectivity index (χ3n) is 8.62. The van der Waals surface area contributed by atoms with Crippen LogP contribution in [0.15, 0.2) is 73.2 Å². The van der Waals surface area contributed by atoms with Crippen LogP contribution in [0.3, 0.4) is 0 Å². The summed E-state index contributed by atoms with van der Waals surface area (Å²) >= 11 is 0. The molecule has 0 aliphatic heterocycles. The first kappa shape index (κ1) is 49.3. The lowest BCUT2D eigenvalue weighted by Crippen LogP contribution is -2.60. The van der Waals surface area contributed by atoms with Gasteiger partial charge in [0, 0.05) is 31.3 Å². The number of hydrogen-bond donors (Lipinski definition) is 9. The van der Waals surface area contributed by atoms with Crippen LogP contribution in [0.2, 0.25) is 0 Å². The number of carbonyl (C=O) groups is 6. The van der Waals surface area contributed by atoms with Crippen molar-refractivity contribution in [3.8, 4) is 0 Å². The van der Waals surface area contributed by atoms with Crippen LogP contribution in [0.4, 0.5) is 4.79 Å². The summed E-state index contributed by atoms with van der Waals surface area (Å²) in [5, 5.41) is 33.4. The summed E-state index contributed by atoms with van der Waals surface area (Å²) in [7, 11) is 0. The zero-order chi connectivity index (χ0) is 43.7. The molecule has 59 heavy (non-hydrogen) atoms. The predicted molar refractivity (Wildman–Crippen MR) is 220 cm³/mol. The van der Waals surface area contributed by atoms with Crippen LogP contribution in [-0.2, 0) is 48.2 Å². The molecule has 5 amide bonds. The predicted octanol–water partition coefficient (Wildman–Crippen LogP) is 1.86. The Balaban J connectivity index is 0.00000157. The fraction of sp³-hybridized carbons (Fsp3) is 0.488. The molecule has 0 fully saturated rings. The van der Waals surface area contributed by atoms with Crippen molar-refractivity contribution in [1.82, 2.24) is 41.9 Å². The second-order valence-corrected chi connectivity index (χ2v) is 14.5. The number of amides is 5. The number of aliphatic hydroxyl groups is 1. The molecule has 3 aromatic rings. The van der Waals surface area contributed by atoms with E-state index in [1.54, 1.807) is 50.2 Å². The Kier molecular flexibility index (Phi) is 22.5. The van der Waals surface area contributed by atoms with Gasteiger partial charge in [0.2, 0.25) is 23.6 Å². The van der Waals surface area contributed by atoms with Gasteiger partial charge in [0.15, 0.2) is 0 Å². The Labute approximate surface area is 345 Å². The van der Waals surface area contributed by atoms with Gasteiger partial charge < -0.3 is 57.6 Å². The van der Waals surface area contributed by atoms with Gasteiger partial charge in [0.05, 0.1) is 12.9 Å². The van der Waals surface area contributed by atoms with E-state index in [1.165, 1.54) is 19.4 Å². The molecule has 3 rings (SSSR count). The summed E-state index contributed by atoms with van der Waals surface area (Å²) in [5.74, 6) is -4.43. The summed E-state index contributed by atoms with van der Waals surface area (Å²) in [5.41, 5.74) is 8.66. The van der Waals surface area contributed by atoms with Crippen LogP contribution < -0.4 is 31.9 Å². The number of ether oxygens (including phenoxy) is 1. The SMILES string of the molecule is CC(C)C[C@H](NC(=O)[C@H](Cc1cnc[nH]1)NC(=O)[C@H](Cc1ccccc1)NC(=O)OCc1ccccc1)C(=O)N[C@H](C(=O)N[C@@H](C)C(=O)O)C(C)C.[NH-]CCNCCO. The molecule has 0 unspecified atom stereocenters. The van der Waals surface area contributed by atoms with Crippen molar-refractivity contribution in [3.63, 3.8) is 0 Å². The lowest BCUT2D eigenvalue weighted by molar-refractivity contribution is -0.142. The highest BCUT2D eigenvalue weighted by molar-refractivity contribution is 5.96. The Morgan fingerprint density at radius 3 is 1.83 bits per heavy atom. The second-order valence-electron chi connectivity index (χ2n) is 14.5. The first-order valence-corrected chi connectivity index (χ1v) is 19.5. The molecular weight excluding hydrogens is 763 g/mol. The molecule has 0 saturated heterocycles. The largest absolute Gasteiger partial charge is 0.676 e. The summed E-state index contributed by atoms with van der Waals surface area (Å²) in [6.07, 6.45) is 2.33. The highest BCUT2D eigenvalue weighted by atomic mass is 16.5. The highest BCUT2D eigenvalue weighted by Crippen LogP contribution is 2.11. The third kappa shape index (κ3) is 19.4. The number of rotatable bonds is 23. The number of carboxylic acids is 1. The Hall–Kier alpha value is -5.85. The smallest absolute Gasteiger partial charge is 0.408 e. The molecule has 324 valence electrons. The quantitative estimate of drug-likeness (QED) is 0.0623.